The standard InChI is InChI=1S/C17H18FN3O4S/c18-13-3-1-12(2-4-13)16-9-10-19-11-17(16)20-26(24,25)15-7-5-14(6-8-15)21(22)23/h1-8,16-17,19-20H,9-11H2/t16-,17-/m0/s1. The highest BCUT2D eigenvalue weighted by Gasteiger charge is 2.30. The lowest BCUT2D eigenvalue weighted by Crippen LogP contribution is -2.49. The van der Waals surface area contributed by atoms with Crippen molar-refractivity contribution < 1.29 is 17.7 Å². The first-order chi connectivity index (χ1) is 12.4. The zero-order valence-electron chi connectivity index (χ0n) is 13.8. The van der Waals surface area contributed by atoms with Crippen molar-refractivity contribution in [2.24, 2.45) is 0 Å². The molecule has 9 heteroatoms. The SMILES string of the molecule is O=[N+]([O-])c1ccc(S(=O)(=O)N[C@H]2CNCC[C@H]2c2ccc(F)cc2)cc1. The lowest BCUT2D eigenvalue weighted by atomic mass is 9.87. The van der Waals surface area contributed by atoms with E-state index in [1.54, 1.807) is 12.1 Å². The van der Waals surface area contributed by atoms with Gasteiger partial charge in [0.25, 0.3) is 5.69 Å². The van der Waals surface area contributed by atoms with Gasteiger partial charge in [0.15, 0.2) is 0 Å². The minimum Gasteiger partial charge on any atom is -0.315 e. The Bertz CT molecular complexity index is 885. The van der Waals surface area contributed by atoms with E-state index in [1.165, 1.54) is 24.3 Å². The second-order valence-electron chi connectivity index (χ2n) is 6.13. The molecule has 0 bridgehead atoms. The van der Waals surface area contributed by atoms with Crippen molar-refractivity contribution in [2.45, 2.75) is 23.3 Å². The number of nitrogens with one attached hydrogen (secondary N) is 2. The van der Waals surface area contributed by atoms with Crippen LogP contribution in [0.3, 0.4) is 0 Å². The summed E-state index contributed by atoms with van der Waals surface area (Å²) in [4.78, 5) is 10.1. The molecule has 0 amide bonds. The fourth-order valence-corrected chi connectivity index (χ4v) is 4.38. The molecule has 2 aromatic carbocycles. The van der Waals surface area contributed by atoms with E-state index in [-0.39, 0.29) is 22.3 Å². The molecule has 1 aliphatic heterocycles. The molecule has 0 aliphatic carbocycles. The van der Waals surface area contributed by atoms with Crippen LogP contribution in [0.25, 0.3) is 0 Å². The van der Waals surface area contributed by atoms with E-state index in [9.17, 15) is 22.9 Å². The Balaban J connectivity index is 1.82. The average molecular weight is 379 g/mol. The molecule has 2 atom stereocenters. The molecule has 0 unspecified atom stereocenters. The second kappa shape index (κ2) is 7.48. The summed E-state index contributed by atoms with van der Waals surface area (Å²) >= 11 is 0. The number of halogens is 1. The molecule has 1 heterocycles. The zero-order valence-corrected chi connectivity index (χ0v) is 14.6. The molecule has 3 rings (SSSR count). The molecule has 138 valence electrons. The van der Waals surface area contributed by atoms with Gasteiger partial charge in [0, 0.05) is 30.6 Å². The normalized spacial score (nSPS) is 20.7. The predicted molar refractivity (Wildman–Crippen MR) is 93.8 cm³/mol. The van der Waals surface area contributed by atoms with Crippen LogP contribution < -0.4 is 10.0 Å². The van der Waals surface area contributed by atoms with Gasteiger partial charge >= 0.3 is 0 Å². The maximum Gasteiger partial charge on any atom is 0.269 e. The Labute approximate surface area is 150 Å². The van der Waals surface area contributed by atoms with Crippen LogP contribution in [0.4, 0.5) is 10.1 Å². The third-order valence-electron chi connectivity index (χ3n) is 4.44. The third-order valence-corrected chi connectivity index (χ3v) is 5.95. The Morgan fingerprint density at radius 2 is 1.77 bits per heavy atom. The fraction of sp³-hybridized carbons (Fsp3) is 0.294. The van der Waals surface area contributed by atoms with Crippen molar-refractivity contribution in [3.8, 4) is 0 Å². The van der Waals surface area contributed by atoms with Gasteiger partial charge in [-0.1, -0.05) is 12.1 Å². The van der Waals surface area contributed by atoms with Crippen molar-refractivity contribution in [3.05, 3.63) is 70.0 Å². The average Bonchev–Trinajstić information content (AvgIpc) is 2.63. The summed E-state index contributed by atoms with van der Waals surface area (Å²) in [6.07, 6.45) is 0.707. The van der Waals surface area contributed by atoms with Gasteiger partial charge < -0.3 is 5.32 Å². The quantitative estimate of drug-likeness (QED) is 0.612. The molecule has 1 fully saturated rings. The van der Waals surface area contributed by atoms with Crippen LogP contribution in [-0.2, 0) is 10.0 Å². The minimum absolute atomic E-state index is 0.0356. The molecule has 26 heavy (non-hydrogen) atoms. The highest BCUT2D eigenvalue weighted by atomic mass is 32.2. The van der Waals surface area contributed by atoms with Crippen molar-refractivity contribution >= 4 is 15.7 Å². The maximum atomic E-state index is 13.2. The largest absolute Gasteiger partial charge is 0.315 e. The van der Waals surface area contributed by atoms with Crippen molar-refractivity contribution in [2.75, 3.05) is 13.1 Å². The van der Waals surface area contributed by atoms with E-state index in [0.29, 0.717) is 13.0 Å². The number of nitrogens with zero attached hydrogens (tertiary/aromatic N) is 1. The van der Waals surface area contributed by atoms with Crippen LogP contribution in [0, 0.1) is 15.9 Å². The third kappa shape index (κ3) is 4.06. The first-order valence-corrected chi connectivity index (χ1v) is 9.58. The molecule has 2 N–H and O–H groups in total. The summed E-state index contributed by atoms with van der Waals surface area (Å²) in [5.74, 6) is -0.435. The Morgan fingerprint density at radius 1 is 1.12 bits per heavy atom. The zero-order chi connectivity index (χ0) is 18.7. The van der Waals surface area contributed by atoms with Gasteiger partial charge in [-0.05, 0) is 42.8 Å². The summed E-state index contributed by atoms with van der Waals surface area (Å²) in [5, 5.41) is 13.9. The molecule has 1 aliphatic rings. The summed E-state index contributed by atoms with van der Waals surface area (Å²) in [6, 6.07) is 10.4. The van der Waals surface area contributed by atoms with Gasteiger partial charge in [-0.15, -0.1) is 0 Å². The number of hydrogen-bond donors (Lipinski definition) is 2. The Morgan fingerprint density at radius 3 is 2.38 bits per heavy atom. The van der Waals surface area contributed by atoms with Gasteiger partial charge in [-0.25, -0.2) is 17.5 Å². The van der Waals surface area contributed by atoms with Crippen molar-refractivity contribution in [3.63, 3.8) is 0 Å². The first-order valence-electron chi connectivity index (χ1n) is 8.10. The summed E-state index contributed by atoms with van der Waals surface area (Å²) in [5.41, 5.74) is 0.691. The fourth-order valence-electron chi connectivity index (χ4n) is 3.11. The van der Waals surface area contributed by atoms with E-state index >= 15 is 0 Å². The van der Waals surface area contributed by atoms with Crippen molar-refractivity contribution in [1.29, 1.82) is 0 Å². The number of nitro benzene ring substituents is 1. The van der Waals surface area contributed by atoms with Gasteiger partial charge in [0.2, 0.25) is 10.0 Å². The Hall–Kier alpha value is -2.36. The highest BCUT2D eigenvalue weighted by Crippen LogP contribution is 2.27. The molecule has 0 aromatic heterocycles. The maximum absolute atomic E-state index is 13.2. The number of hydrogen-bond acceptors (Lipinski definition) is 5. The smallest absolute Gasteiger partial charge is 0.269 e. The molecule has 1 saturated heterocycles. The Kier molecular flexibility index (Phi) is 5.30. The van der Waals surface area contributed by atoms with E-state index in [0.717, 1.165) is 24.2 Å². The van der Waals surface area contributed by atoms with Crippen LogP contribution in [0.15, 0.2) is 53.4 Å². The van der Waals surface area contributed by atoms with E-state index in [2.05, 4.69) is 10.0 Å². The summed E-state index contributed by atoms with van der Waals surface area (Å²) in [6.45, 7) is 1.17. The second-order valence-corrected chi connectivity index (χ2v) is 7.84. The van der Waals surface area contributed by atoms with E-state index < -0.39 is 21.0 Å². The molecular weight excluding hydrogens is 361 g/mol. The summed E-state index contributed by atoms with van der Waals surface area (Å²) in [7, 11) is -3.84. The number of rotatable bonds is 5. The van der Waals surface area contributed by atoms with Crippen LogP contribution in [-0.4, -0.2) is 32.5 Å². The number of piperidine rings is 1. The van der Waals surface area contributed by atoms with Gasteiger partial charge in [0.05, 0.1) is 9.82 Å². The minimum atomic E-state index is -3.84. The lowest BCUT2D eigenvalue weighted by molar-refractivity contribution is -0.384. The van der Waals surface area contributed by atoms with Gasteiger partial charge in [0.1, 0.15) is 5.82 Å². The topological polar surface area (TPSA) is 101 Å². The number of sulfonamides is 1. The predicted octanol–water partition coefficient (Wildman–Crippen LogP) is 2.16. The van der Waals surface area contributed by atoms with Crippen LogP contribution >= 0.6 is 0 Å². The molecule has 7 nitrogen and oxygen atoms in total. The van der Waals surface area contributed by atoms with Crippen LogP contribution in [0.1, 0.15) is 17.9 Å². The molecular formula is C17H18FN3O4S. The molecule has 2 aromatic rings. The molecule has 0 spiro atoms. The first kappa shape index (κ1) is 18.4. The van der Waals surface area contributed by atoms with E-state index in [4.69, 9.17) is 0 Å². The van der Waals surface area contributed by atoms with Crippen LogP contribution in [0.5, 0.6) is 0 Å². The molecule has 0 saturated carbocycles. The molecule has 0 radical (unpaired) electrons. The highest BCUT2D eigenvalue weighted by molar-refractivity contribution is 7.89. The number of non-ortho nitro benzene ring substituents is 1. The van der Waals surface area contributed by atoms with Crippen LogP contribution in [0.2, 0.25) is 0 Å². The van der Waals surface area contributed by atoms with Crippen molar-refractivity contribution in [1.82, 2.24) is 10.0 Å². The van der Waals surface area contributed by atoms with E-state index in [1.807, 2.05) is 0 Å². The summed E-state index contributed by atoms with van der Waals surface area (Å²) < 4.78 is 41.1. The lowest BCUT2D eigenvalue weighted by Gasteiger charge is -2.33. The number of benzene rings is 2. The monoisotopic (exact) mass is 379 g/mol. The number of nitro groups is 1. The van der Waals surface area contributed by atoms with Gasteiger partial charge in [-0.3, -0.25) is 10.1 Å². The van der Waals surface area contributed by atoms with Gasteiger partial charge in [-0.2, -0.15) is 0 Å².